The van der Waals surface area contributed by atoms with Gasteiger partial charge in [0.05, 0.1) is 16.6 Å². The molecule has 0 saturated carbocycles. The Morgan fingerprint density at radius 3 is 2.71 bits per heavy atom. The molecule has 7 heteroatoms. The van der Waals surface area contributed by atoms with E-state index in [0.29, 0.717) is 0 Å². The van der Waals surface area contributed by atoms with Gasteiger partial charge < -0.3 is 10.0 Å². The van der Waals surface area contributed by atoms with Crippen molar-refractivity contribution in [2.75, 3.05) is 13.1 Å². The third-order valence-electron chi connectivity index (χ3n) is 2.55. The van der Waals surface area contributed by atoms with E-state index in [9.17, 15) is 14.9 Å². The highest BCUT2D eigenvalue weighted by molar-refractivity contribution is 9.10. The summed E-state index contributed by atoms with van der Waals surface area (Å²) in [5.74, 6) is -0.314. The van der Waals surface area contributed by atoms with Gasteiger partial charge >= 0.3 is 0 Å². The lowest BCUT2D eigenvalue weighted by atomic mass is 10.1. The van der Waals surface area contributed by atoms with Crippen LogP contribution in [0.25, 0.3) is 0 Å². The molecule has 0 aromatic heterocycles. The molecule has 0 bridgehead atoms. The number of carbonyl (C=O) groups is 1. The maximum Gasteiger partial charge on any atom is 0.284 e. The summed E-state index contributed by atoms with van der Waals surface area (Å²) in [4.78, 5) is 23.5. The van der Waals surface area contributed by atoms with Gasteiger partial charge in [-0.1, -0.05) is 6.07 Å². The lowest BCUT2D eigenvalue weighted by Crippen LogP contribution is -2.53. The largest absolute Gasteiger partial charge is 0.389 e. The molecule has 2 rings (SSSR count). The van der Waals surface area contributed by atoms with Gasteiger partial charge in [0.15, 0.2) is 0 Å². The normalized spacial score (nSPS) is 15.5. The highest BCUT2D eigenvalue weighted by atomic mass is 79.9. The van der Waals surface area contributed by atoms with Crippen LogP contribution in [0.15, 0.2) is 22.7 Å². The summed E-state index contributed by atoms with van der Waals surface area (Å²) in [5.41, 5.74) is 0.100. The molecular formula is C10H9BrN2O4. The summed E-state index contributed by atoms with van der Waals surface area (Å²) in [6, 6.07) is 4.31. The molecule has 0 unspecified atom stereocenters. The number of amides is 1. The van der Waals surface area contributed by atoms with Crippen LogP contribution in [0.5, 0.6) is 0 Å². The Balaban J connectivity index is 2.30. The van der Waals surface area contributed by atoms with Crippen LogP contribution < -0.4 is 0 Å². The summed E-state index contributed by atoms with van der Waals surface area (Å²) >= 11 is 3.07. The van der Waals surface area contributed by atoms with Crippen molar-refractivity contribution < 1.29 is 14.8 Å². The van der Waals surface area contributed by atoms with Gasteiger partial charge in [-0.15, -0.1) is 0 Å². The van der Waals surface area contributed by atoms with Gasteiger partial charge in [0, 0.05) is 19.2 Å². The van der Waals surface area contributed by atoms with Crippen molar-refractivity contribution >= 4 is 27.5 Å². The van der Waals surface area contributed by atoms with Crippen molar-refractivity contribution in [3.8, 4) is 0 Å². The zero-order valence-electron chi connectivity index (χ0n) is 8.67. The van der Waals surface area contributed by atoms with E-state index in [1.165, 1.54) is 23.1 Å². The van der Waals surface area contributed by atoms with Crippen molar-refractivity contribution in [2.24, 2.45) is 0 Å². The van der Waals surface area contributed by atoms with Crippen LogP contribution in [0.3, 0.4) is 0 Å². The Kier molecular flexibility index (Phi) is 3.12. The number of carbonyl (C=O) groups excluding carboxylic acids is 1. The number of nitro groups is 1. The van der Waals surface area contributed by atoms with Crippen LogP contribution in [-0.4, -0.2) is 40.0 Å². The van der Waals surface area contributed by atoms with Gasteiger partial charge in [0.1, 0.15) is 4.47 Å². The minimum Gasteiger partial charge on any atom is -0.389 e. The second-order valence-electron chi connectivity index (χ2n) is 3.76. The van der Waals surface area contributed by atoms with Gasteiger partial charge in [-0.3, -0.25) is 14.9 Å². The van der Waals surface area contributed by atoms with Gasteiger partial charge in [0.2, 0.25) is 0 Å². The number of benzene rings is 1. The van der Waals surface area contributed by atoms with E-state index in [0.717, 1.165) is 0 Å². The zero-order valence-corrected chi connectivity index (χ0v) is 10.3. The summed E-state index contributed by atoms with van der Waals surface area (Å²) in [6.45, 7) is 0.544. The minimum absolute atomic E-state index is 0.142. The number of nitrogens with zero attached hydrogens (tertiary/aromatic N) is 2. The van der Waals surface area contributed by atoms with Crippen LogP contribution in [0.2, 0.25) is 0 Å². The van der Waals surface area contributed by atoms with Crippen LogP contribution in [0, 0.1) is 10.1 Å². The first-order valence-corrected chi connectivity index (χ1v) is 5.70. The number of hydrogen-bond donors (Lipinski definition) is 1. The third kappa shape index (κ3) is 2.16. The van der Waals surface area contributed by atoms with Crippen molar-refractivity contribution in [1.29, 1.82) is 0 Å². The number of β-amino-alcohol motifs (C(OH)–C–C–N with tert-alkyl or cyclic N) is 1. The molecule has 1 fully saturated rings. The van der Waals surface area contributed by atoms with Crippen LogP contribution in [0.4, 0.5) is 5.69 Å². The second kappa shape index (κ2) is 4.42. The summed E-state index contributed by atoms with van der Waals surface area (Å²) in [7, 11) is 0. The number of aliphatic hydroxyl groups excluding tert-OH is 1. The van der Waals surface area contributed by atoms with E-state index in [1.807, 2.05) is 0 Å². The van der Waals surface area contributed by atoms with Crippen molar-refractivity contribution in [3.05, 3.63) is 38.3 Å². The molecule has 0 spiro atoms. The van der Waals surface area contributed by atoms with Crippen LogP contribution >= 0.6 is 15.9 Å². The molecule has 90 valence electrons. The predicted molar refractivity (Wildman–Crippen MR) is 62.7 cm³/mol. The monoisotopic (exact) mass is 300 g/mol. The van der Waals surface area contributed by atoms with E-state index in [-0.39, 0.29) is 34.7 Å². The van der Waals surface area contributed by atoms with Crippen LogP contribution in [-0.2, 0) is 0 Å². The lowest BCUT2D eigenvalue weighted by molar-refractivity contribution is -0.385. The fourth-order valence-corrected chi connectivity index (χ4v) is 2.20. The predicted octanol–water partition coefficient (Wildman–Crippen LogP) is 1.17. The number of nitro benzene ring substituents is 1. The first-order chi connectivity index (χ1) is 8.00. The fourth-order valence-electron chi connectivity index (χ4n) is 1.62. The number of likely N-dealkylation sites (tertiary alicyclic amines) is 1. The lowest BCUT2D eigenvalue weighted by Gasteiger charge is -2.36. The van der Waals surface area contributed by atoms with E-state index in [2.05, 4.69) is 15.9 Å². The Bertz CT molecular complexity index is 485. The molecule has 0 radical (unpaired) electrons. The molecule has 17 heavy (non-hydrogen) atoms. The minimum atomic E-state index is -0.550. The topological polar surface area (TPSA) is 83.7 Å². The molecule has 6 nitrogen and oxygen atoms in total. The number of rotatable bonds is 2. The van der Waals surface area contributed by atoms with Gasteiger partial charge in [-0.25, -0.2) is 0 Å². The molecule has 1 aromatic rings. The van der Waals surface area contributed by atoms with Crippen molar-refractivity contribution in [2.45, 2.75) is 6.10 Å². The van der Waals surface area contributed by atoms with E-state index in [1.54, 1.807) is 0 Å². The number of halogens is 1. The molecule has 1 saturated heterocycles. The Morgan fingerprint density at radius 2 is 2.18 bits per heavy atom. The van der Waals surface area contributed by atoms with Gasteiger partial charge in [-0.05, 0) is 22.0 Å². The quantitative estimate of drug-likeness (QED) is 0.656. The first kappa shape index (κ1) is 12.0. The fraction of sp³-hybridized carbons (Fsp3) is 0.300. The number of hydrogen-bond acceptors (Lipinski definition) is 4. The van der Waals surface area contributed by atoms with E-state index >= 15 is 0 Å². The number of aliphatic hydroxyl groups is 1. The average Bonchev–Trinajstić information content (AvgIpc) is 2.24. The maximum absolute atomic E-state index is 11.9. The maximum atomic E-state index is 11.9. The average molecular weight is 301 g/mol. The molecule has 0 aliphatic carbocycles. The molecular weight excluding hydrogens is 292 g/mol. The summed E-state index contributed by atoms with van der Waals surface area (Å²) < 4.78 is 0.177. The summed E-state index contributed by atoms with van der Waals surface area (Å²) in [5, 5.41) is 19.8. The van der Waals surface area contributed by atoms with E-state index in [4.69, 9.17) is 5.11 Å². The van der Waals surface area contributed by atoms with Crippen LogP contribution in [0.1, 0.15) is 10.4 Å². The summed E-state index contributed by atoms with van der Waals surface area (Å²) in [6.07, 6.45) is -0.489. The molecule has 1 heterocycles. The molecule has 1 aromatic carbocycles. The van der Waals surface area contributed by atoms with Crippen molar-refractivity contribution in [3.63, 3.8) is 0 Å². The smallest absolute Gasteiger partial charge is 0.284 e. The third-order valence-corrected chi connectivity index (χ3v) is 3.39. The molecule has 1 aliphatic rings. The highest BCUT2D eigenvalue weighted by Crippen LogP contribution is 2.29. The Labute approximate surface area is 105 Å². The molecule has 1 aliphatic heterocycles. The Hall–Kier alpha value is -1.47. The molecule has 1 amide bonds. The zero-order chi connectivity index (χ0) is 12.6. The second-order valence-corrected chi connectivity index (χ2v) is 4.55. The van der Waals surface area contributed by atoms with E-state index < -0.39 is 11.0 Å². The van der Waals surface area contributed by atoms with Crippen molar-refractivity contribution in [1.82, 2.24) is 4.90 Å². The standard InChI is InChI=1S/C10H9BrN2O4/c11-9-7(2-1-3-8(9)13(16)17)10(15)12-4-6(14)5-12/h1-3,6,14H,4-5H2. The van der Waals surface area contributed by atoms with Gasteiger partial charge in [0.25, 0.3) is 11.6 Å². The van der Waals surface area contributed by atoms with Gasteiger partial charge in [-0.2, -0.15) is 0 Å². The SMILES string of the molecule is O=C(c1cccc([N+](=O)[O-])c1Br)N1CC(O)C1. The highest BCUT2D eigenvalue weighted by Gasteiger charge is 2.31. The molecule has 0 atom stereocenters. The molecule has 1 N–H and O–H groups in total. The Morgan fingerprint density at radius 1 is 1.53 bits per heavy atom. The first-order valence-electron chi connectivity index (χ1n) is 4.91.